The van der Waals surface area contributed by atoms with Gasteiger partial charge in [0.2, 0.25) is 0 Å². The standard InChI is InChI=1S/C15H24/c1-7-8-13-11(2)9-10-14(12(13)3)15(4,5)6/h9-10H,7-8H2,1-6H3. The Kier molecular flexibility index (Phi) is 3.59. The molecule has 0 heteroatoms. The predicted octanol–water partition coefficient (Wildman–Crippen LogP) is 4.55. The van der Waals surface area contributed by atoms with Crippen LogP contribution in [0, 0.1) is 13.8 Å². The summed E-state index contributed by atoms with van der Waals surface area (Å²) in [6, 6.07) is 4.57. The Balaban J connectivity index is 3.28. The van der Waals surface area contributed by atoms with Crippen molar-refractivity contribution in [2.45, 2.75) is 59.8 Å². The molecule has 0 fully saturated rings. The van der Waals surface area contributed by atoms with E-state index in [9.17, 15) is 0 Å². The zero-order valence-electron chi connectivity index (χ0n) is 11.1. The smallest absolute Gasteiger partial charge is 0.0129 e. The summed E-state index contributed by atoms with van der Waals surface area (Å²) in [6.07, 6.45) is 2.44. The van der Waals surface area contributed by atoms with E-state index in [2.05, 4.69) is 53.7 Å². The van der Waals surface area contributed by atoms with E-state index in [1.165, 1.54) is 29.5 Å². The van der Waals surface area contributed by atoms with Crippen LogP contribution in [0.5, 0.6) is 0 Å². The average Bonchev–Trinajstić information content (AvgIpc) is 2.09. The van der Waals surface area contributed by atoms with E-state index in [-0.39, 0.29) is 5.41 Å². The number of hydrogen-bond acceptors (Lipinski definition) is 0. The Labute approximate surface area is 94.7 Å². The first-order chi connectivity index (χ1) is 6.88. The summed E-state index contributed by atoms with van der Waals surface area (Å²) in [5.41, 5.74) is 6.27. The molecule has 0 spiro atoms. The van der Waals surface area contributed by atoms with Crippen molar-refractivity contribution >= 4 is 0 Å². The summed E-state index contributed by atoms with van der Waals surface area (Å²) in [6.45, 7) is 13.6. The molecule has 0 aliphatic rings. The van der Waals surface area contributed by atoms with Crippen molar-refractivity contribution in [1.29, 1.82) is 0 Å². The molecule has 0 N–H and O–H groups in total. The van der Waals surface area contributed by atoms with Crippen LogP contribution in [0.1, 0.15) is 56.4 Å². The molecule has 15 heavy (non-hydrogen) atoms. The van der Waals surface area contributed by atoms with Gasteiger partial charge in [-0.1, -0.05) is 46.2 Å². The van der Waals surface area contributed by atoms with Crippen LogP contribution in [0.15, 0.2) is 12.1 Å². The highest BCUT2D eigenvalue weighted by molar-refractivity contribution is 5.42. The molecule has 0 radical (unpaired) electrons. The van der Waals surface area contributed by atoms with Crippen molar-refractivity contribution in [2.75, 3.05) is 0 Å². The molecule has 0 saturated carbocycles. The minimum Gasteiger partial charge on any atom is -0.0651 e. The first-order valence-corrected chi connectivity index (χ1v) is 5.97. The SMILES string of the molecule is CCCc1c(C)ccc(C(C)(C)C)c1C. The third kappa shape index (κ3) is 2.62. The molecular formula is C15H24. The lowest BCUT2D eigenvalue weighted by atomic mass is 9.81. The summed E-state index contributed by atoms with van der Waals surface area (Å²) < 4.78 is 0. The Hall–Kier alpha value is -0.780. The maximum Gasteiger partial charge on any atom is -0.0129 e. The number of benzene rings is 1. The third-order valence-corrected chi connectivity index (χ3v) is 3.14. The molecule has 1 rings (SSSR count). The lowest BCUT2D eigenvalue weighted by molar-refractivity contribution is 0.584. The van der Waals surface area contributed by atoms with Crippen molar-refractivity contribution in [3.63, 3.8) is 0 Å². The summed E-state index contributed by atoms with van der Waals surface area (Å²) in [7, 11) is 0. The van der Waals surface area contributed by atoms with E-state index in [0.717, 1.165) is 0 Å². The Morgan fingerprint density at radius 2 is 1.67 bits per heavy atom. The maximum atomic E-state index is 2.30. The molecule has 0 amide bonds. The Bertz CT molecular complexity index is 340. The fraction of sp³-hybridized carbons (Fsp3) is 0.600. The molecule has 1 aromatic rings. The van der Waals surface area contributed by atoms with E-state index < -0.39 is 0 Å². The molecule has 0 bridgehead atoms. The zero-order chi connectivity index (χ0) is 11.6. The van der Waals surface area contributed by atoms with Gasteiger partial charge in [-0.3, -0.25) is 0 Å². The molecule has 0 unspecified atom stereocenters. The molecular weight excluding hydrogens is 180 g/mol. The van der Waals surface area contributed by atoms with Gasteiger partial charge in [0.1, 0.15) is 0 Å². The van der Waals surface area contributed by atoms with Gasteiger partial charge in [0.25, 0.3) is 0 Å². The van der Waals surface area contributed by atoms with E-state index >= 15 is 0 Å². The second-order valence-corrected chi connectivity index (χ2v) is 5.53. The van der Waals surface area contributed by atoms with Gasteiger partial charge in [0, 0.05) is 0 Å². The van der Waals surface area contributed by atoms with E-state index in [1.807, 2.05) is 0 Å². The van der Waals surface area contributed by atoms with Crippen LogP contribution in [0.4, 0.5) is 0 Å². The van der Waals surface area contributed by atoms with Gasteiger partial charge in [-0.25, -0.2) is 0 Å². The molecule has 0 aliphatic carbocycles. The number of rotatable bonds is 2. The first kappa shape index (κ1) is 12.3. The van der Waals surface area contributed by atoms with Crippen LogP contribution < -0.4 is 0 Å². The van der Waals surface area contributed by atoms with Gasteiger partial charge in [0.05, 0.1) is 0 Å². The zero-order valence-corrected chi connectivity index (χ0v) is 11.1. The van der Waals surface area contributed by atoms with E-state index in [4.69, 9.17) is 0 Å². The topological polar surface area (TPSA) is 0 Å². The molecule has 0 nitrogen and oxygen atoms in total. The molecule has 1 aromatic carbocycles. The fourth-order valence-electron chi connectivity index (χ4n) is 2.34. The van der Waals surface area contributed by atoms with Gasteiger partial charge in [-0.15, -0.1) is 0 Å². The molecule has 84 valence electrons. The van der Waals surface area contributed by atoms with Crippen LogP contribution in [0.2, 0.25) is 0 Å². The lowest BCUT2D eigenvalue weighted by Gasteiger charge is -2.24. The van der Waals surface area contributed by atoms with E-state index in [1.54, 1.807) is 5.56 Å². The van der Waals surface area contributed by atoms with Crippen LogP contribution >= 0.6 is 0 Å². The van der Waals surface area contributed by atoms with Crippen LogP contribution in [0.3, 0.4) is 0 Å². The first-order valence-electron chi connectivity index (χ1n) is 5.97. The van der Waals surface area contributed by atoms with Crippen molar-refractivity contribution < 1.29 is 0 Å². The summed E-state index contributed by atoms with van der Waals surface area (Å²) in [5, 5.41) is 0. The molecule has 0 atom stereocenters. The highest BCUT2D eigenvalue weighted by Crippen LogP contribution is 2.29. The van der Waals surface area contributed by atoms with Gasteiger partial charge in [-0.05, 0) is 47.9 Å². The molecule has 0 saturated heterocycles. The third-order valence-electron chi connectivity index (χ3n) is 3.14. The van der Waals surface area contributed by atoms with Crippen LogP contribution in [-0.4, -0.2) is 0 Å². The van der Waals surface area contributed by atoms with Gasteiger partial charge >= 0.3 is 0 Å². The molecule has 0 aromatic heterocycles. The minimum atomic E-state index is 0.264. The van der Waals surface area contributed by atoms with Crippen molar-refractivity contribution in [3.8, 4) is 0 Å². The average molecular weight is 204 g/mol. The fourth-order valence-corrected chi connectivity index (χ4v) is 2.34. The predicted molar refractivity (Wildman–Crippen MR) is 68.6 cm³/mol. The van der Waals surface area contributed by atoms with E-state index in [0.29, 0.717) is 0 Å². The quantitative estimate of drug-likeness (QED) is 0.663. The molecule has 0 aliphatic heterocycles. The van der Waals surface area contributed by atoms with Crippen molar-refractivity contribution in [1.82, 2.24) is 0 Å². The highest BCUT2D eigenvalue weighted by atomic mass is 14.2. The Morgan fingerprint density at radius 1 is 1.07 bits per heavy atom. The van der Waals surface area contributed by atoms with Gasteiger partial charge in [0.15, 0.2) is 0 Å². The van der Waals surface area contributed by atoms with Gasteiger partial charge < -0.3 is 0 Å². The second kappa shape index (κ2) is 4.38. The maximum absolute atomic E-state index is 2.30. The van der Waals surface area contributed by atoms with Crippen molar-refractivity contribution in [3.05, 3.63) is 34.4 Å². The van der Waals surface area contributed by atoms with Crippen molar-refractivity contribution in [2.24, 2.45) is 0 Å². The monoisotopic (exact) mass is 204 g/mol. The summed E-state index contributed by atoms with van der Waals surface area (Å²) in [4.78, 5) is 0. The summed E-state index contributed by atoms with van der Waals surface area (Å²) in [5.74, 6) is 0. The summed E-state index contributed by atoms with van der Waals surface area (Å²) >= 11 is 0. The number of aryl methyl sites for hydroxylation is 1. The number of hydrogen-bond donors (Lipinski definition) is 0. The highest BCUT2D eigenvalue weighted by Gasteiger charge is 2.18. The van der Waals surface area contributed by atoms with Crippen LogP contribution in [-0.2, 0) is 11.8 Å². The van der Waals surface area contributed by atoms with Crippen LogP contribution in [0.25, 0.3) is 0 Å². The largest absolute Gasteiger partial charge is 0.0651 e. The normalized spacial score (nSPS) is 11.9. The van der Waals surface area contributed by atoms with Gasteiger partial charge in [-0.2, -0.15) is 0 Å². The molecule has 0 heterocycles. The minimum absolute atomic E-state index is 0.264. The second-order valence-electron chi connectivity index (χ2n) is 5.53. The Morgan fingerprint density at radius 3 is 2.13 bits per heavy atom. The lowest BCUT2D eigenvalue weighted by Crippen LogP contribution is -2.14.